The highest BCUT2D eigenvalue weighted by Crippen LogP contribution is 2.37. The Morgan fingerprint density at radius 3 is 2.43 bits per heavy atom. The van der Waals surface area contributed by atoms with Gasteiger partial charge in [-0.3, -0.25) is 9.69 Å². The fraction of sp³-hybridized carbons (Fsp3) is 0.206. The number of nitrogens with zero attached hydrogens (tertiary/aromatic N) is 4. The zero-order valence-electron chi connectivity index (χ0n) is 25.7. The molecule has 0 fully saturated rings. The molecule has 0 aliphatic heterocycles. The van der Waals surface area contributed by atoms with Gasteiger partial charge in [0, 0.05) is 29.4 Å². The molecule has 5 aromatic rings. The number of anilines is 1. The highest BCUT2D eigenvalue weighted by molar-refractivity contribution is 6.31. The highest BCUT2D eigenvalue weighted by Gasteiger charge is 2.25. The third-order valence-electron chi connectivity index (χ3n) is 7.25. The Balaban J connectivity index is 1.35. The summed E-state index contributed by atoms with van der Waals surface area (Å²) in [6.45, 7) is 6.34. The quantitative estimate of drug-likeness (QED) is 0.110. The van der Waals surface area contributed by atoms with Gasteiger partial charge in [0.15, 0.2) is 0 Å². The maximum atomic E-state index is 13.6. The van der Waals surface area contributed by atoms with E-state index in [1.54, 1.807) is 31.2 Å². The van der Waals surface area contributed by atoms with Crippen LogP contribution < -0.4 is 19.7 Å². The molecule has 1 heterocycles. The number of carbonyl (C=O) groups excluding carboxylic acids is 3. The third kappa shape index (κ3) is 6.94. The third-order valence-corrected chi connectivity index (χ3v) is 7.49. The molecular weight excluding hydrogens is 610 g/mol. The van der Waals surface area contributed by atoms with Crippen LogP contribution in [0.1, 0.15) is 44.0 Å². The molecule has 2 amide bonds. The predicted octanol–water partition coefficient (Wildman–Crippen LogP) is 6.24. The number of esters is 1. The summed E-state index contributed by atoms with van der Waals surface area (Å²) in [6.07, 6.45) is 1.98. The Kier molecular flexibility index (Phi) is 9.53. The molecule has 11 nitrogen and oxygen atoms in total. The number of aryl methyl sites for hydroxylation is 3. The van der Waals surface area contributed by atoms with Crippen LogP contribution in [0.3, 0.4) is 0 Å². The topological polar surface area (TPSA) is 136 Å². The Hall–Kier alpha value is -5.42. The molecule has 0 unspecified atom stereocenters. The van der Waals surface area contributed by atoms with E-state index < -0.39 is 17.9 Å². The Morgan fingerprint density at radius 2 is 1.72 bits per heavy atom. The van der Waals surface area contributed by atoms with E-state index in [1.165, 1.54) is 42.4 Å². The maximum Gasteiger partial charge on any atom is 0.350 e. The number of benzene rings is 4. The predicted molar refractivity (Wildman–Crippen MR) is 174 cm³/mol. The first kappa shape index (κ1) is 32.0. The van der Waals surface area contributed by atoms with Gasteiger partial charge in [-0.1, -0.05) is 58.8 Å². The molecule has 1 aromatic heterocycles. The molecule has 0 saturated heterocycles. The summed E-state index contributed by atoms with van der Waals surface area (Å²) in [6, 6.07) is 17.8. The van der Waals surface area contributed by atoms with Crippen LogP contribution in [-0.4, -0.2) is 58.2 Å². The van der Waals surface area contributed by atoms with Crippen molar-refractivity contribution in [2.75, 3.05) is 25.1 Å². The van der Waals surface area contributed by atoms with Crippen molar-refractivity contribution in [1.82, 2.24) is 20.3 Å². The van der Waals surface area contributed by atoms with Gasteiger partial charge in [0.1, 0.15) is 17.2 Å². The summed E-state index contributed by atoms with van der Waals surface area (Å²) in [7, 11) is 1.48. The van der Waals surface area contributed by atoms with E-state index in [0.29, 0.717) is 29.5 Å². The van der Waals surface area contributed by atoms with Crippen molar-refractivity contribution in [2.45, 2.75) is 27.2 Å². The monoisotopic (exact) mass is 641 g/mol. The molecule has 2 N–H and O–H groups in total. The van der Waals surface area contributed by atoms with E-state index in [4.69, 9.17) is 21.1 Å². The van der Waals surface area contributed by atoms with Crippen molar-refractivity contribution in [2.24, 2.45) is 0 Å². The maximum absolute atomic E-state index is 13.6. The lowest BCUT2D eigenvalue weighted by molar-refractivity contribution is 0.0736. The molecule has 46 heavy (non-hydrogen) atoms. The molecular formula is C34H32ClN5O6. The number of carbonyl (C=O) groups is 3. The Labute approximate surface area is 270 Å². The van der Waals surface area contributed by atoms with Gasteiger partial charge >= 0.3 is 12.0 Å². The largest absolute Gasteiger partial charge is 0.506 e. The van der Waals surface area contributed by atoms with Gasteiger partial charge in [-0.25, -0.2) is 9.59 Å². The van der Waals surface area contributed by atoms with E-state index in [0.717, 1.165) is 21.6 Å². The van der Waals surface area contributed by atoms with E-state index in [2.05, 4.69) is 15.6 Å². The number of amides is 2. The number of rotatable bonds is 9. The normalized spacial score (nSPS) is 10.9. The molecule has 236 valence electrons. The number of phenolic OH excluding ortho intramolecular Hbond substituents is 1. The van der Waals surface area contributed by atoms with E-state index in [9.17, 15) is 19.5 Å². The van der Waals surface area contributed by atoms with Crippen LogP contribution in [0.4, 0.5) is 10.5 Å². The smallest absolute Gasteiger partial charge is 0.350 e. The zero-order chi connectivity index (χ0) is 33.0. The summed E-state index contributed by atoms with van der Waals surface area (Å²) in [5.41, 5.74) is 2.84. The lowest BCUT2D eigenvalue weighted by Crippen LogP contribution is -2.33. The minimum absolute atomic E-state index is 0.00726. The van der Waals surface area contributed by atoms with Gasteiger partial charge in [0.25, 0.3) is 5.91 Å². The second kappa shape index (κ2) is 13.7. The van der Waals surface area contributed by atoms with Crippen LogP contribution in [0.25, 0.3) is 10.8 Å². The van der Waals surface area contributed by atoms with Crippen LogP contribution in [0, 0.1) is 20.8 Å². The summed E-state index contributed by atoms with van der Waals surface area (Å²) in [5, 5.41) is 22.4. The first-order valence-electron chi connectivity index (χ1n) is 14.4. The minimum Gasteiger partial charge on any atom is -0.506 e. The highest BCUT2D eigenvalue weighted by atomic mass is 35.5. The van der Waals surface area contributed by atoms with Crippen molar-refractivity contribution in [3.05, 3.63) is 106 Å². The average molecular weight is 642 g/mol. The van der Waals surface area contributed by atoms with Crippen LogP contribution in [0.5, 0.6) is 17.2 Å². The average Bonchev–Trinajstić information content (AvgIpc) is 3.48. The van der Waals surface area contributed by atoms with Crippen molar-refractivity contribution in [3.63, 3.8) is 0 Å². The summed E-state index contributed by atoms with van der Waals surface area (Å²) in [4.78, 5) is 41.1. The molecule has 4 aromatic carbocycles. The summed E-state index contributed by atoms with van der Waals surface area (Å²) >= 11 is 6.24. The fourth-order valence-corrected chi connectivity index (χ4v) is 5.09. The van der Waals surface area contributed by atoms with Gasteiger partial charge in [0.05, 0.1) is 35.3 Å². The van der Waals surface area contributed by atoms with Gasteiger partial charge < -0.3 is 19.9 Å². The van der Waals surface area contributed by atoms with E-state index >= 15 is 0 Å². The number of phenols is 1. The molecule has 0 spiro atoms. The molecule has 5 rings (SSSR count). The number of aromatic nitrogens is 3. The van der Waals surface area contributed by atoms with Crippen LogP contribution in [0.15, 0.2) is 72.9 Å². The molecule has 0 saturated carbocycles. The number of nitrogens with one attached hydrogen (secondary N) is 1. The number of hydrogen-bond acceptors (Lipinski definition) is 8. The van der Waals surface area contributed by atoms with Crippen molar-refractivity contribution in [3.8, 4) is 17.2 Å². The standard InChI is InChI=1S/C34H32ClN5O6/c1-20-10-13-29(21(2)16-20)45-15-7-14-36-32(42)27-18-30(24-8-5-6-9-25(24)31(27)41)46-33(43)26-17-23(35)11-12-28(26)39(4)34(44)40-19-22(3)37-38-40/h5-6,8-13,16-19,41H,7,14-15H2,1-4H3,(H,36,42). The number of ether oxygens (including phenoxy) is 2. The second-order valence-electron chi connectivity index (χ2n) is 10.7. The first-order valence-corrected chi connectivity index (χ1v) is 14.8. The molecule has 0 aliphatic carbocycles. The van der Waals surface area contributed by atoms with Crippen molar-refractivity contribution >= 4 is 46.0 Å². The van der Waals surface area contributed by atoms with Crippen LogP contribution in [0.2, 0.25) is 5.02 Å². The second-order valence-corrected chi connectivity index (χ2v) is 11.2. The fourth-order valence-electron chi connectivity index (χ4n) is 4.91. The Morgan fingerprint density at radius 1 is 0.957 bits per heavy atom. The zero-order valence-corrected chi connectivity index (χ0v) is 26.5. The summed E-state index contributed by atoms with van der Waals surface area (Å²) in [5.74, 6) is -0.825. The van der Waals surface area contributed by atoms with Gasteiger partial charge in [0.2, 0.25) is 0 Å². The van der Waals surface area contributed by atoms with E-state index in [-0.39, 0.29) is 39.9 Å². The summed E-state index contributed by atoms with van der Waals surface area (Å²) < 4.78 is 12.7. The lowest BCUT2D eigenvalue weighted by Gasteiger charge is -2.20. The van der Waals surface area contributed by atoms with Gasteiger partial charge in [-0.05, 0) is 63.1 Å². The van der Waals surface area contributed by atoms with Crippen molar-refractivity contribution < 1.29 is 29.0 Å². The first-order chi connectivity index (χ1) is 22.0. The lowest BCUT2D eigenvalue weighted by atomic mass is 10.0. The van der Waals surface area contributed by atoms with Gasteiger partial charge in [-0.15, -0.1) is 5.10 Å². The number of halogens is 1. The van der Waals surface area contributed by atoms with Crippen LogP contribution >= 0.6 is 11.6 Å². The molecule has 0 aliphatic rings. The minimum atomic E-state index is -0.835. The molecule has 12 heteroatoms. The number of aromatic hydroxyl groups is 1. The SMILES string of the molecule is Cc1ccc(OCCCNC(=O)c2cc(OC(=O)c3cc(Cl)ccc3N(C)C(=O)n3cc(C)nn3)c3ccccc3c2O)c(C)c1. The number of fused-ring (bicyclic) bond motifs is 1. The van der Waals surface area contributed by atoms with Crippen LogP contribution in [-0.2, 0) is 0 Å². The van der Waals surface area contributed by atoms with Crippen molar-refractivity contribution in [1.29, 1.82) is 0 Å². The molecule has 0 atom stereocenters. The number of hydrogen-bond donors (Lipinski definition) is 2. The molecule has 0 bridgehead atoms. The molecule has 0 radical (unpaired) electrons. The van der Waals surface area contributed by atoms with E-state index in [1.807, 2.05) is 32.0 Å². The van der Waals surface area contributed by atoms with Gasteiger partial charge in [-0.2, -0.15) is 4.68 Å². The Bertz CT molecular complexity index is 1960.